The van der Waals surface area contributed by atoms with Gasteiger partial charge in [0.2, 0.25) is 0 Å². The van der Waals surface area contributed by atoms with Crippen molar-refractivity contribution in [2.45, 2.75) is 0 Å². The van der Waals surface area contributed by atoms with Crippen molar-refractivity contribution in [2.75, 3.05) is 19.1 Å². The molecule has 0 aliphatic carbocycles. The molecule has 2 amide bonds. The van der Waals surface area contributed by atoms with E-state index >= 15 is 0 Å². The first kappa shape index (κ1) is 22.5. The minimum Gasteiger partial charge on any atom is -0.497 e. The summed E-state index contributed by atoms with van der Waals surface area (Å²) >= 11 is 0.907. The van der Waals surface area contributed by atoms with E-state index in [1.165, 1.54) is 4.90 Å². The Bertz CT molecular complexity index is 1410. The summed E-state index contributed by atoms with van der Waals surface area (Å²) in [6.07, 6.45) is 3.58. The van der Waals surface area contributed by atoms with Crippen LogP contribution in [-0.2, 0) is 4.79 Å². The highest BCUT2D eigenvalue weighted by molar-refractivity contribution is 8.19. The number of hydrogen-bond donors (Lipinski definition) is 0. The number of carbonyl (C=O) groups is 2. The average molecular weight is 484 g/mol. The van der Waals surface area contributed by atoms with Gasteiger partial charge in [0, 0.05) is 17.3 Å². The molecule has 0 radical (unpaired) electrons. The first-order valence-corrected chi connectivity index (χ1v) is 11.6. The molecule has 35 heavy (non-hydrogen) atoms. The van der Waals surface area contributed by atoms with Crippen LogP contribution >= 0.6 is 11.8 Å². The van der Waals surface area contributed by atoms with Gasteiger partial charge in [-0.25, -0.2) is 9.58 Å². The van der Waals surface area contributed by atoms with E-state index in [-0.39, 0.29) is 11.1 Å². The average Bonchev–Trinajstić information content (AvgIpc) is 3.45. The molecule has 4 aromatic rings. The zero-order chi connectivity index (χ0) is 24.4. The molecule has 0 atom stereocenters. The molecule has 1 aliphatic heterocycles. The molecular weight excluding hydrogens is 462 g/mol. The van der Waals surface area contributed by atoms with Gasteiger partial charge in [0.25, 0.3) is 11.1 Å². The maximum absolute atomic E-state index is 13.2. The van der Waals surface area contributed by atoms with E-state index in [1.807, 2.05) is 60.8 Å². The van der Waals surface area contributed by atoms with Crippen molar-refractivity contribution in [3.8, 4) is 28.4 Å². The summed E-state index contributed by atoms with van der Waals surface area (Å²) in [6.45, 7) is 0. The summed E-state index contributed by atoms with van der Waals surface area (Å²) in [5, 5.41) is 4.43. The van der Waals surface area contributed by atoms with E-state index < -0.39 is 0 Å². The molecule has 1 aromatic heterocycles. The number of amides is 2. The van der Waals surface area contributed by atoms with Gasteiger partial charge in [0.15, 0.2) is 0 Å². The van der Waals surface area contributed by atoms with Crippen LogP contribution in [0.2, 0.25) is 0 Å². The van der Waals surface area contributed by atoms with Gasteiger partial charge in [-0.2, -0.15) is 5.10 Å². The molecule has 2 heterocycles. The molecule has 7 nitrogen and oxygen atoms in total. The predicted octanol–water partition coefficient (Wildman–Crippen LogP) is 5.80. The molecule has 174 valence electrons. The van der Waals surface area contributed by atoms with E-state index in [2.05, 4.69) is 0 Å². The molecule has 8 heteroatoms. The van der Waals surface area contributed by atoms with E-state index in [0.717, 1.165) is 34.3 Å². The molecule has 0 unspecified atom stereocenters. The third-order valence-electron chi connectivity index (χ3n) is 5.54. The first-order valence-electron chi connectivity index (χ1n) is 10.8. The highest BCUT2D eigenvalue weighted by atomic mass is 32.2. The highest BCUT2D eigenvalue weighted by Gasteiger charge is 2.36. The third-order valence-corrected chi connectivity index (χ3v) is 6.41. The lowest BCUT2D eigenvalue weighted by Gasteiger charge is -2.12. The number of carbonyl (C=O) groups excluding carboxylic acids is 2. The van der Waals surface area contributed by atoms with Crippen molar-refractivity contribution < 1.29 is 19.1 Å². The fourth-order valence-electron chi connectivity index (χ4n) is 3.74. The Balaban J connectivity index is 1.55. The van der Waals surface area contributed by atoms with Gasteiger partial charge < -0.3 is 9.47 Å². The second-order valence-electron chi connectivity index (χ2n) is 7.66. The molecule has 5 rings (SSSR count). The van der Waals surface area contributed by atoms with Gasteiger partial charge in [-0.15, -0.1) is 0 Å². The SMILES string of the molecule is COc1ccc(-c2nn(-c3ccccc3)cc2/C=C2\SC(=O)N(c3ccc(OC)cc3)C2=O)cc1. The topological polar surface area (TPSA) is 73.7 Å². The zero-order valence-corrected chi connectivity index (χ0v) is 19.9. The van der Waals surface area contributed by atoms with Crippen LogP contribution in [0.5, 0.6) is 11.5 Å². The van der Waals surface area contributed by atoms with Gasteiger partial charge in [0.1, 0.15) is 11.5 Å². The Morgan fingerprint density at radius 1 is 0.800 bits per heavy atom. The van der Waals surface area contributed by atoms with Crippen molar-refractivity contribution in [3.05, 3.63) is 95.5 Å². The van der Waals surface area contributed by atoms with Crippen molar-refractivity contribution in [2.24, 2.45) is 0 Å². The third kappa shape index (κ3) is 4.43. The van der Waals surface area contributed by atoms with Crippen molar-refractivity contribution in [3.63, 3.8) is 0 Å². The first-order chi connectivity index (χ1) is 17.1. The standard InChI is InChI=1S/C27H21N3O4S/c1-33-22-12-8-18(9-13-22)25-19(17-29(28-25)20-6-4-3-5-7-20)16-24-26(31)30(27(32)35-24)21-10-14-23(34-2)15-11-21/h3-17H,1-2H3/b24-16-. The van der Waals surface area contributed by atoms with Gasteiger partial charge in [-0.3, -0.25) is 9.59 Å². The molecule has 1 fully saturated rings. The van der Waals surface area contributed by atoms with Crippen LogP contribution in [0.1, 0.15) is 5.56 Å². The molecule has 1 aliphatic rings. The summed E-state index contributed by atoms with van der Waals surface area (Å²) in [5.74, 6) is 1.01. The van der Waals surface area contributed by atoms with Gasteiger partial charge >= 0.3 is 0 Å². The van der Waals surface area contributed by atoms with Crippen LogP contribution in [0, 0.1) is 0 Å². The number of imide groups is 1. The number of para-hydroxylation sites is 1. The second-order valence-corrected chi connectivity index (χ2v) is 8.65. The monoisotopic (exact) mass is 483 g/mol. The number of ether oxygens (including phenoxy) is 2. The number of aromatic nitrogens is 2. The van der Waals surface area contributed by atoms with Crippen molar-refractivity contribution in [1.82, 2.24) is 9.78 Å². The smallest absolute Gasteiger partial charge is 0.298 e. The molecule has 0 spiro atoms. The van der Waals surface area contributed by atoms with Crippen LogP contribution in [0.25, 0.3) is 23.0 Å². The summed E-state index contributed by atoms with van der Waals surface area (Å²) in [4.78, 5) is 27.5. The number of hydrogen-bond acceptors (Lipinski definition) is 6. The van der Waals surface area contributed by atoms with Gasteiger partial charge in [-0.05, 0) is 78.5 Å². The Morgan fingerprint density at radius 2 is 1.43 bits per heavy atom. The number of anilines is 1. The lowest BCUT2D eigenvalue weighted by molar-refractivity contribution is -0.113. The fraction of sp³-hybridized carbons (Fsp3) is 0.0741. The maximum Gasteiger partial charge on any atom is 0.298 e. The summed E-state index contributed by atoms with van der Waals surface area (Å²) in [5.41, 5.74) is 3.65. The Morgan fingerprint density at radius 3 is 2.06 bits per heavy atom. The van der Waals surface area contributed by atoms with Crippen LogP contribution in [-0.4, -0.2) is 35.1 Å². The highest BCUT2D eigenvalue weighted by Crippen LogP contribution is 2.37. The van der Waals surface area contributed by atoms with Gasteiger partial charge in [0.05, 0.1) is 36.2 Å². The van der Waals surface area contributed by atoms with E-state index in [4.69, 9.17) is 14.6 Å². The molecular formula is C27H21N3O4S. The largest absolute Gasteiger partial charge is 0.497 e. The van der Waals surface area contributed by atoms with Crippen molar-refractivity contribution in [1.29, 1.82) is 0 Å². The quantitative estimate of drug-likeness (QED) is 0.323. The second kappa shape index (κ2) is 9.52. The minimum absolute atomic E-state index is 0.327. The maximum atomic E-state index is 13.2. The Hall–Kier alpha value is -4.30. The normalized spacial score (nSPS) is 14.6. The van der Waals surface area contributed by atoms with Crippen LogP contribution < -0.4 is 14.4 Å². The summed E-state index contributed by atoms with van der Waals surface area (Å²) < 4.78 is 12.2. The Kier molecular flexibility index (Phi) is 6.12. The number of thioether (sulfide) groups is 1. The van der Waals surface area contributed by atoms with Crippen LogP contribution in [0.4, 0.5) is 10.5 Å². The Labute approximate surface area is 206 Å². The van der Waals surface area contributed by atoms with E-state index in [0.29, 0.717) is 22.0 Å². The molecule has 0 bridgehead atoms. The number of methoxy groups -OCH3 is 2. The summed E-state index contributed by atoms with van der Waals surface area (Å²) in [7, 11) is 3.18. The molecule has 1 saturated heterocycles. The van der Waals surface area contributed by atoms with E-state index in [9.17, 15) is 9.59 Å². The lowest BCUT2D eigenvalue weighted by atomic mass is 10.1. The van der Waals surface area contributed by atoms with E-state index in [1.54, 1.807) is 49.2 Å². The number of nitrogens with zero attached hydrogens (tertiary/aromatic N) is 3. The van der Waals surface area contributed by atoms with Crippen molar-refractivity contribution >= 4 is 34.7 Å². The van der Waals surface area contributed by atoms with Crippen LogP contribution in [0.15, 0.2) is 90.0 Å². The summed E-state index contributed by atoms with van der Waals surface area (Å²) in [6, 6.07) is 24.1. The van der Waals surface area contributed by atoms with Crippen LogP contribution in [0.3, 0.4) is 0 Å². The number of rotatable bonds is 6. The molecule has 0 saturated carbocycles. The minimum atomic E-state index is -0.377. The zero-order valence-electron chi connectivity index (χ0n) is 19.0. The van der Waals surface area contributed by atoms with Gasteiger partial charge in [-0.1, -0.05) is 18.2 Å². The fourth-order valence-corrected chi connectivity index (χ4v) is 4.57. The molecule has 0 N–H and O–H groups in total. The predicted molar refractivity (Wildman–Crippen MR) is 137 cm³/mol. The lowest BCUT2D eigenvalue weighted by Crippen LogP contribution is -2.27. The number of benzene rings is 3. The molecule has 3 aromatic carbocycles.